The predicted octanol–water partition coefficient (Wildman–Crippen LogP) is 4.64. The highest BCUT2D eigenvalue weighted by molar-refractivity contribution is 6.01. The minimum atomic E-state index is -0.493. The number of fused-ring (bicyclic) bond motifs is 1. The van der Waals surface area contributed by atoms with E-state index in [-0.39, 0.29) is 17.8 Å². The smallest absolute Gasteiger partial charge is 0.319 e. The maximum atomic E-state index is 12.9. The van der Waals surface area contributed by atoms with Crippen molar-refractivity contribution in [3.8, 4) is 5.75 Å². The zero-order valence-electron chi connectivity index (χ0n) is 21.3. The van der Waals surface area contributed by atoms with Gasteiger partial charge in [-0.25, -0.2) is 4.79 Å². The zero-order chi connectivity index (χ0) is 26.6. The number of allylic oxidation sites excluding steroid dienone is 1. The average molecular weight is 511 g/mol. The molecule has 1 saturated heterocycles. The largest absolute Gasteiger partial charge is 0.489 e. The number of aryl methyl sites for hydroxylation is 1. The number of piperidine rings is 1. The van der Waals surface area contributed by atoms with E-state index in [0.29, 0.717) is 55.2 Å². The van der Waals surface area contributed by atoms with Crippen molar-refractivity contribution in [3.05, 3.63) is 107 Å². The van der Waals surface area contributed by atoms with Gasteiger partial charge in [0, 0.05) is 30.0 Å². The molecule has 3 aromatic rings. The summed E-state index contributed by atoms with van der Waals surface area (Å²) < 4.78 is 5.82. The lowest BCUT2D eigenvalue weighted by Crippen LogP contribution is -2.49. The molecule has 0 bridgehead atoms. The molecule has 0 aliphatic carbocycles. The first-order chi connectivity index (χ1) is 18.4. The molecule has 3 N–H and O–H groups in total. The van der Waals surface area contributed by atoms with Gasteiger partial charge in [0.2, 0.25) is 5.91 Å². The third-order valence-corrected chi connectivity index (χ3v) is 6.79. The van der Waals surface area contributed by atoms with Crippen LogP contribution >= 0.6 is 0 Å². The van der Waals surface area contributed by atoms with Crippen LogP contribution in [0.1, 0.15) is 45.5 Å². The fraction of sp³-hybridized carbons (Fsp3) is 0.233. The number of nitrogens with zero attached hydrogens (tertiary/aromatic N) is 1. The second kappa shape index (κ2) is 10.8. The van der Waals surface area contributed by atoms with Crippen molar-refractivity contribution >= 4 is 23.5 Å². The van der Waals surface area contributed by atoms with Crippen LogP contribution in [0.25, 0.3) is 0 Å². The first-order valence-corrected chi connectivity index (χ1v) is 12.6. The normalized spacial score (nSPS) is 16.6. The monoisotopic (exact) mass is 510 g/mol. The predicted molar refractivity (Wildman–Crippen MR) is 144 cm³/mol. The molecule has 1 fully saturated rings. The van der Waals surface area contributed by atoms with Gasteiger partial charge in [0.1, 0.15) is 18.4 Å². The number of amides is 4. The van der Waals surface area contributed by atoms with Gasteiger partial charge in [0.25, 0.3) is 5.91 Å². The number of hydrogen-bond donors (Lipinski definition) is 3. The van der Waals surface area contributed by atoms with E-state index in [1.54, 1.807) is 23.1 Å². The number of urea groups is 1. The highest BCUT2D eigenvalue weighted by atomic mass is 16.5. The topological polar surface area (TPSA) is 99.8 Å². The Morgan fingerprint density at radius 2 is 1.79 bits per heavy atom. The minimum Gasteiger partial charge on any atom is -0.489 e. The summed E-state index contributed by atoms with van der Waals surface area (Å²) in [5, 5.41) is 8.41. The summed E-state index contributed by atoms with van der Waals surface area (Å²) in [4.78, 5) is 39.3. The molecule has 1 unspecified atom stereocenters. The van der Waals surface area contributed by atoms with E-state index in [4.69, 9.17) is 4.74 Å². The Kier molecular flexibility index (Phi) is 7.13. The van der Waals surface area contributed by atoms with Gasteiger partial charge < -0.3 is 25.6 Å². The third kappa shape index (κ3) is 5.70. The molecule has 4 amide bonds. The first kappa shape index (κ1) is 25.1. The molecule has 2 aliphatic rings. The minimum absolute atomic E-state index is 0.142. The van der Waals surface area contributed by atoms with E-state index in [0.717, 1.165) is 16.7 Å². The molecule has 2 heterocycles. The summed E-state index contributed by atoms with van der Waals surface area (Å²) in [7, 11) is 0. The van der Waals surface area contributed by atoms with Gasteiger partial charge >= 0.3 is 6.03 Å². The van der Waals surface area contributed by atoms with Crippen molar-refractivity contribution in [1.29, 1.82) is 0 Å². The maximum Gasteiger partial charge on any atom is 0.319 e. The molecular weight excluding hydrogens is 480 g/mol. The van der Waals surface area contributed by atoms with E-state index >= 15 is 0 Å². The Balaban J connectivity index is 1.11. The second-order valence-electron chi connectivity index (χ2n) is 9.68. The van der Waals surface area contributed by atoms with Gasteiger partial charge in [-0.1, -0.05) is 48.5 Å². The highest BCUT2D eigenvalue weighted by Crippen LogP contribution is 2.29. The maximum absolute atomic E-state index is 12.9. The number of ether oxygens (including phenoxy) is 1. The van der Waals surface area contributed by atoms with Gasteiger partial charge in [-0.15, -0.1) is 0 Å². The summed E-state index contributed by atoms with van der Waals surface area (Å²) in [6.07, 6.45) is 1.23. The van der Waals surface area contributed by atoms with Crippen molar-refractivity contribution in [2.24, 2.45) is 0 Å². The third-order valence-electron chi connectivity index (χ3n) is 6.79. The molecule has 8 heteroatoms. The van der Waals surface area contributed by atoms with Gasteiger partial charge in [-0.05, 0) is 66.8 Å². The van der Waals surface area contributed by atoms with Crippen molar-refractivity contribution in [3.63, 3.8) is 0 Å². The van der Waals surface area contributed by atoms with E-state index in [1.165, 1.54) is 5.56 Å². The molecule has 0 aromatic heterocycles. The van der Waals surface area contributed by atoms with Crippen LogP contribution in [0.2, 0.25) is 0 Å². The van der Waals surface area contributed by atoms with Gasteiger partial charge in [-0.3, -0.25) is 9.59 Å². The first-order valence-electron chi connectivity index (χ1n) is 12.6. The summed E-state index contributed by atoms with van der Waals surface area (Å²) in [5.41, 5.74) is 5.95. The standard InChI is InChI=1S/C30H30N4O4/c1-19-3-6-21(7-4-19)18-38-25-11-9-24(10-12-25)33-30(37)31-16-22-8-13-26-23(15-22)17-34(29(26)36)27-14-5-20(2)32-28(27)35/h3-4,6-13,15,27H,2,5,14,16-18H2,1H3,(H,32,35)(H2,31,33,37). The Labute approximate surface area is 221 Å². The Morgan fingerprint density at radius 3 is 2.53 bits per heavy atom. The number of benzene rings is 3. The van der Waals surface area contributed by atoms with E-state index in [1.807, 2.05) is 43.3 Å². The number of hydrogen-bond acceptors (Lipinski definition) is 4. The summed E-state index contributed by atoms with van der Waals surface area (Å²) >= 11 is 0. The van der Waals surface area contributed by atoms with Crippen molar-refractivity contribution < 1.29 is 19.1 Å². The van der Waals surface area contributed by atoms with Gasteiger partial charge in [0.05, 0.1) is 0 Å². The van der Waals surface area contributed by atoms with Gasteiger partial charge in [-0.2, -0.15) is 0 Å². The van der Waals surface area contributed by atoms with Crippen LogP contribution in [0, 0.1) is 6.92 Å². The fourth-order valence-electron chi connectivity index (χ4n) is 4.66. The molecular formula is C30H30N4O4. The molecule has 0 spiro atoms. The number of carbonyl (C=O) groups excluding carboxylic acids is 3. The molecule has 3 aromatic carbocycles. The number of anilines is 1. The van der Waals surface area contributed by atoms with Crippen LogP contribution in [-0.4, -0.2) is 28.8 Å². The van der Waals surface area contributed by atoms with Crippen molar-refractivity contribution in [2.45, 2.75) is 45.5 Å². The fourth-order valence-corrected chi connectivity index (χ4v) is 4.66. The number of rotatable bonds is 7. The zero-order valence-corrected chi connectivity index (χ0v) is 21.3. The Hall–Kier alpha value is -4.59. The lowest BCUT2D eigenvalue weighted by Gasteiger charge is -2.30. The summed E-state index contributed by atoms with van der Waals surface area (Å²) in [6, 6.07) is 20.1. The average Bonchev–Trinajstić information content (AvgIpc) is 3.23. The second-order valence-corrected chi connectivity index (χ2v) is 9.68. The molecule has 194 valence electrons. The van der Waals surface area contributed by atoms with E-state index in [2.05, 4.69) is 34.7 Å². The Morgan fingerprint density at radius 1 is 1.05 bits per heavy atom. The van der Waals surface area contributed by atoms with Crippen LogP contribution in [0.5, 0.6) is 5.75 Å². The van der Waals surface area contributed by atoms with E-state index in [9.17, 15) is 14.4 Å². The molecule has 38 heavy (non-hydrogen) atoms. The van der Waals surface area contributed by atoms with Crippen LogP contribution in [0.4, 0.5) is 10.5 Å². The van der Waals surface area contributed by atoms with Crippen LogP contribution in [-0.2, 0) is 24.5 Å². The van der Waals surface area contributed by atoms with E-state index < -0.39 is 6.04 Å². The summed E-state index contributed by atoms with van der Waals surface area (Å²) in [5.74, 6) is 0.386. The van der Waals surface area contributed by atoms with Gasteiger partial charge in [0.15, 0.2) is 0 Å². The molecule has 2 aliphatic heterocycles. The van der Waals surface area contributed by atoms with Crippen LogP contribution in [0.15, 0.2) is 79.0 Å². The summed E-state index contributed by atoms with van der Waals surface area (Å²) in [6.45, 7) is 6.99. The van der Waals surface area contributed by atoms with Crippen LogP contribution < -0.4 is 20.7 Å². The number of carbonyl (C=O) groups is 3. The quantitative estimate of drug-likeness (QED) is 0.431. The highest BCUT2D eigenvalue weighted by Gasteiger charge is 2.38. The lowest BCUT2D eigenvalue weighted by atomic mass is 10.0. The van der Waals surface area contributed by atoms with Crippen molar-refractivity contribution in [1.82, 2.24) is 15.5 Å². The Bertz CT molecular complexity index is 1380. The van der Waals surface area contributed by atoms with Crippen molar-refractivity contribution in [2.75, 3.05) is 5.32 Å². The molecule has 1 atom stereocenters. The molecule has 0 saturated carbocycles. The molecule has 0 radical (unpaired) electrons. The molecule has 8 nitrogen and oxygen atoms in total. The SMILES string of the molecule is C=C1CCC(N2Cc3cc(CNC(=O)Nc4ccc(OCc5ccc(C)cc5)cc4)ccc3C2=O)C(=O)N1. The lowest BCUT2D eigenvalue weighted by molar-refractivity contribution is -0.126. The van der Waals surface area contributed by atoms with Crippen LogP contribution in [0.3, 0.4) is 0 Å². The molecule has 5 rings (SSSR count). The number of nitrogens with one attached hydrogen (secondary N) is 3.